The minimum atomic E-state index is 0.569. The molecule has 2 N–H and O–H groups in total. The fourth-order valence-corrected chi connectivity index (χ4v) is 2.58. The van der Waals surface area contributed by atoms with Gasteiger partial charge in [0.25, 0.3) is 0 Å². The number of nitrogen functional groups attached to an aromatic ring is 1. The summed E-state index contributed by atoms with van der Waals surface area (Å²) in [6.07, 6.45) is 0. The molecule has 0 atom stereocenters. The molecule has 16 heavy (non-hydrogen) atoms. The molecule has 3 rings (SSSR count). The van der Waals surface area contributed by atoms with E-state index in [1.54, 1.807) is 21.9 Å². The molecule has 0 aliphatic carbocycles. The third-order valence-electron chi connectivity index (χ3n) is 2.17. The van der Waals surface area contributed by atoms with Gasteiger partial charge in [0.2, 0.25) is 0 Å². The molecule has 3 aromatic heterocycles. The van der Waals surface area contributed by atoms with E-state index < -0.39 is 0 Å². The van der Waals surface area contributed by atoms with Gasteiger partial charge >= 0.3 is 0 Å². The summed E-state index contributed by atoms with van der Waals surface area (Å²) >= 11 is 4.99. The van der Waals surface area contributed by atoms with E-state index in [0.717, 1.165) is 15.0 Å². The second kappa shape index (κ2) is 3.57. The van der Waals surface area contributed by atoms with Gasteiger partial charge in [0.05, 0.1) is 4.88 Å². The fourth-order valence-electron chi connectivity index (χ4n) is 1.49. The van der Waals surface area contributed by atoms with E-state index in [1.165, 1.54) is 0 Å². The van der Waals surface area contributed by atoms with Crippen LogP contribution in [0.3, 0.4) is 0 Å². The normalized spacial score (nSPS) is 11.1. The highest BCUT2D eigenvalue weighted by molar-refractivity contribution is 9.10. The van der Waals surface area contributed by atoms with Gasteiger partial charge < -0.3 is 5.73 Å². The Morgan fingerprint density at radius 3 is 3.00 bits per heavy atom. The Bertz CT molecular complexity index is 644. The molecular weight excluding hydrogens is 288 g/mol. The van der Waals surface area contributed by atoms with Crippen molar-refractivity contribution in [3.8, 4) is 10.7 Å². The maximum atomic E-state index is 5.86. The third kappa shape index (κ3) is 1.50. The van der Waals surface area contributed by atoms with Gasteiger partial charge in [0, 0.05) is 4.47 Å². The fraction of sp³-hybridized carbons (Fsp3) is 0. The van der Waals surface area contributed by atoms with Crippen LogP contribution in [0.2, 0.25) is 0 Å². The van der Waals surface area contributed by atoms with Crippen LogP contribution >= 0.6 is 27.3 Å². The van der Waals surface area contributed by atoms with Gasteiger partial charge in [-0.1, -0.05) is 22.0 Å². The van der Waals surface area contributed by atoms with E-state index in [4.69, 9.17) is 5.73 Å². The number of rotatable bonds is 1. The molecule has 0 aromatic carbocycles. The lowest BCUT2D eigenvalue weighted by molar-refractivity contribution is 0.978. The van der Waals surface area contributed by atoms with E-state index in [-0.39, 0.29) is 0 Å². The van der Waals surface area contributed by atoms with Crippen LogP contribution in [0.25, 0.3) is 16.3 Å². The molecule has 0 aliphatic heterocycles. The number of aromatic nitrogens is 3. The largest absolute Gasteiger partial charge is 0.384 e. The van der Waals surface area contributed by atoms with Gasteiger partial charge in [-0.3, -0.25) is 0 Å². The number of hydrogen-bond acceptors (Lipinski definition) is 4. The topological polar surface area (TPSA) is 56.2 Å². The van der Waals surface area contributed by atoms with Crippen LogP contribution in [0.4, 0.5) is 5.82 Å². The van der Waals surface area contributed by atoms with Gasteiger partial charge in [0.15, 0.2) is 11.5 Å². The Hall–Kier alpha value is -1.40. The first-order valence-electron chi connectivity index (χ1n) is 4.60. The van der Waals surface area contributed by atoms with Gasteiger partial charge in [-0.25, -0.2) is 4.98 Å². The van der Waals surface area contributed by atoms with Crippen LogP contribution in [0.5, 0.6) is 0 Å². The molecule has 6 heteroatoms. The Labute approximate surface area is 104 Å². The minimum Gasteiger partial charge on any atom is -0.384 e. The van der Waals surface area contributed by atoms with Crippen LogP contribution in [0.15, 0.2) is 34.1 Å². The molecule has 0 spiro atoms. The van der Waals surface area contributed by atoms with Crippen molar-refractivity contribution >= 4 is 38.7 Å². The predicted molar refractivity (Wildman–Crippen MR) is 68.4 cm³/mol. The van der Waals surface area contributed by atoms with Crippen LogP contribution in [0.1, 0.15) is 0 Å². The Balaban J connectivity index is 2.27. The predicted octanol–water partition coefficient (Wildman–Crippen LogP) is 2.80. The maximum Gasteiger partial charge on any atom is 0.192 e. The highest BCUT2D eigenvalue weighted by Crippen LogP contribution is 2.24. The summed E-state index contributed by atoms with van der Waals surface area (Å²) in [5.41, 5.74) is 6.60. The Kier molecular flexibility index (Phi) is 2.19. The highest BCUT2D eigenvalue weighted by Gasteiger charge is 2.09. The standard InChI is InChI=1S/C10H7BrN4S/c11-6-4-8(12)15-9(5-6)13-10(14-15)7-2-1-3-16-7/h1-5H,12H2. The number of anilines is 1. The van der Waals surface area contributed by atoms with E-state index >= 15 is 0 Å². The van der Waals surface area contributed by atoms with Crippen molar-refractivity contribution in [2.75, 3.05) is 5.73 Å². The summed E-state index contributed by atoms with van der Waals surface area (Å²) < 4.78 is 2.54. The zero-order valence-corrected chi connectivity index (χ0v) is 10.5. The van der Waals surface area contributed by atoms with E-state index in [2.05, 4.69) is 26.0 Å². The molecule has 0 unspecified atom stereocenters. The molecule has 3 aromatic rings. The first-order valence-corrected chi connectivity index (χ1v) is 6.27. The van der Waals surface area contributed by atoms with Crippen molar-refractivity contribution in [1.29, 1.82) is 0 Å². The SMILES string of the molecule is Nc1cc(Br)cc2nc(-c3cccs3)nn12. The molecule has 0 fully saturated rings. The summed E-state index contributed by atoms with van der Waals surface area (Å²) in [5, 5.41) is 6.37. The Morgan fingerprint density at radius 2 is 2.25 bits per heavy atom. The first kappa shape index (κ1) is 9.80. The molecule has 3 heterocycles. The molecule has 0 aliphatic rings. The van der Waals surface area contributed by atoms with E-state index in [1.807, 2.05) is 23.6 Å². The maximum absolute atomic E-state index is 5.86. The van der Waals surface area contributed by atoms with Crippen molar-refractivity contribution in [3.63, 3.8) is 0 Å². The average Bonchev–Trinajstić information content (AvgIpc) is 2.82. The lowest BCUT2D eigenvalue weighted by Gasteiger charge is -1.97. The molecule has 0 radical (unpaired) electrons. The number of pyridine rings is 1. The highest BCUT2D eigenvalue weighted by atomic mass is 79.9. The number of halogens is 1. The molecule has 0 bridgehead atoms. The molecule has 0 saturated heterocycles. The number of nitrogens with two attached hydrogens (primary N) is 1. The summed E-state index contributed by atoms with van der Waals surface area (Å²) in [7, 11) is 0. The van der Waals surface area contributed by atoms with Crippen molar-refractivity contribution in [2.24, 2.45) is 0 Å². The minimum absolute atomic E-state index is 0.569. The van der Waals surface area contributed by atoms with Gasteiger partial charge in [-0.15, -0.1) is 16.4 Å². The summed E-state index contributed by atoms with van der Waals surface area (Å²) in [6, 6.07) is 7.66. The van der Waals surface area contributed by atoms with Crippen molar-refractivity contribution < 1.29 is 0 Å². The lowest BCUT2D eigenvalue weighted by atomic mass is 10.4. The van der Waals surface area contributed by atoms with Crippen molar-refractivity contribution in [2.45, 2.75) is 0 Å². The van der Waals surface area contributed by atoms with E-state index in [9.17, 15) is 0 Å². The van der Waals surface area contributed by atoms with Crippen LogP contribution in [-0.4, -0.2) is 14.6 Å². The summed E-state index contributed by atoms with van der Waals surface area (Å²) in [4.78, 5) is 5.47. The monoisotopic (exact) mass is 294 g/mol. The number of fused-ring (bicyclic) bond motifs is 1. The summed E-state index contributed by atoms with van der Waals surface area (Å²) in [6.45, 7) is 0. The molecular formula is C10H7BrN4S. The van der Waals surface area contributed by atoms with Crippen LogP contribution in [0, 0.1) is 0 Å². The first-order chi connectivity index (χ1) is 7.74. The molecule has 80 valence electrons. The Morgan fingerprint density at radius 1 is 1.38 bits per heavy atom. The zero-order valence-electron chi connectivity index (χ0n) is 8.09. The molecule has 4 nitrogen and oxygen atoms in total. The van der Waals surface area contributed by atoms with Crippen molar-refractivity contribution in [3.05, 3.63) is 34.1 Å². The smallest absolute Gasteiger partial charge is 0.192 e. The second-order valence-electron chi connectivity index (χ2n) is 3.28. The van der Waals surface area contributed by atoms with E-state index in [0.29, 0.717) is 11.6 Å². The van der Waals surface area contributed by atoms with Crippen LogP contribution < -0.4 is 5.73 Å². The van der Waals surface area contributed by atoms with Crippen LogP contribution in [-0.2, 0) is 0 Å². The number of nitrogens with zero attached hydrogens (tertiary/aromatic N) is 3. The third-order valence-corrected chi connectivity index (χ3v) is 3.49. The van der Waals surface area contributed by atoms with Gasteiger partial charge in [0.1, 0.15) is 5.82 Å². The van der Waals surface area contributed by atoms with Gasteiger partial charge in [-0.2, -0.15) is 4.52 Å². The number of thiophene rings is 1. The molecule has 0 amide bonds. The summed E-state index contributed by atoms with van der Waals surface area (Å²) in [5.74, 6) is 1.28. The number of hydrogen-bond donors (Lipinski definition) is 1. The second-order valence-corrected chi connectivity index (χ2v) is 5.14. The lowest BCUT2D eigenvalue weighted by Crippen LogP contribution is -1.97. The van der Waals surface area contributed by atoms with Gasteiger partial charge in [-0.05, 0) is 23.6 Å². The average molecular weight is 295 g/mol. The quantitative estimate of drug-likeness (QED) is 0.751. The molecule has 0 saturated carbocycles. The zero-order chi connectivity index (χ0) is 11.1. The van der Waals surface area contributed by atoms with Crippen molar-refractivity contribution in [1.82, 2.24) is 14.6 Å².